The summed E-state index contributed by atoms with van der Waals surface area (Å²) < 4.78 is 18.9. The molecule has 0 unspecified atom stereocenters. The molecule has 2 heterocycles. The van der Waals surface area contributed by atoms with Gasteiger partial charge in [-0.1, -0.05) is 76.9 Å². The van der Waals surface area contributed by atoms with Gasteiger partial charge in [0, 0.05) is 32.1 Å². The van der Waals surface area contributed by atoms with Gasteiger partial charge in [-0.05, 0) is 76.6 Å². The lowest BCUT2D eigenvalue weighted by Gasteiger charge is -2.21. The zero-order valence-electron chi connectivity index (χ0n) is 22.8. The number of methoxy groups -OCH3 is 1. The summed E-state index contributed by atoms with van der Waals surface area (Å²) in [4.78, 5) is 0. The summed E-state index contributed by atoms with van der Waals surface area (Å²) in [6, 6.07) is 22.1. The molecule has 5 heteroatoms. The molecule has 0 atom stereocenters. The number of hydrogen-bond acceptors (Lipinski definition) is 3. The zero-order chi connectivity index (χ0) is 27.4. The number of fused-ring (bicyclic) bond motifs is 1. The summed E-state index contributed by atoms with van der Waals surface area (Å²) in [5, 5.41) is 2.34. The van der Waals surface area contributed by atoms with E-state index in [0.29, 0.717) is 16.0 Å². The molecule has 5 aromatic rings. The van der Waals surface area contributed by atoms with Gasteiger partial charge in [0.25, 0.3) is 5.95 Å². The molecule has 0 aliphatic rings. The first-order chi connectivity index (χ1) is 17.9. The number of halogens is 2. The van der Waals surface area contributed by atoms with E-state index >= 15 is 0 Å². The Hall–Kier alpha value is -3.14. The average Bonchev–Trinajstić information content (AvgIpc) is 3.45. The molecule has 0 amide bonds. The molecule has 0 bridgehead atoms. The second-order valence-electron chi connectivity index (χ2n) is 11.7. The second-order valence-corrected chi connectivity index (χ2v) is 12.6. The summed E-state index contributed by atoms with van der Waals surface area (Å²) in [5.41, 5.74) is 6.50. The molecule has 38 heavy (non-hydrogen) atoms. The van der Waals surface area contributed by atoms with Crippen molar-refractivity contribution in [2.75, 3.05) is 7.11 Å². The fourth-order valence-corrected chi connectivity index (χ4v) is 5.05. The van der Waals surface area contributed by atoms with E-state index in [0.717, 1.165) is 55.9 Å². The van der Waals surface area contributed by atoms with Crippen molar-refractivity contribution in [3.05, 3.63) is 87.9 Å². The minimum Gasteiger partial charge on any atom is -0.468 e. The molecule has 0 aliphatic heterocycles. The quantitative estimate of drug-likeness (QED) is 0.225. The third-order valence-electron chi connectivity index (χ3n) is 6.82. The highest BCUT2D eigenvalue weighted by molar-refractivity contribution is 6.31. The number of benzene rings is 3. The van der Waals surface area contributed by atoms with Gasteiger partial charge in [0.2, 0.25) is 0 Å². The minimum atomic E-state index is -0.196. The van der Waals surface area contributed by atoms with Crippen molar-refractivity contribution >= 4 is 34.2 Å². The van der Waals surface area contributed by atoms with E-state index < -0.39 is 0 Å². The Kier molecular flexibility index (Phi) is 6.65. The predicted octanol–water partition coefficient (Wildman–Crippen LogP) is 10.9. The molecule has 5 rings (SSSR count). The van der Waals surface area contributed by atoms with Crippen LogP contribution in [0.15, 0.2) is 75.6 Å². The molecule has 0 N–H and O–H groups in total. The van der Waals surface area contributed by atoms with Crippen LogP contribution >= 0.6 is 23.2 Å². The van der Waals surface area contributed by atoms with Crippen LogP contribution in [0.3, 0.4) is 0 Å². The van der Waals surface area contributed by atoms with Gasteiger partial charge < -0.3 is 13.6 Å². The third kappa shape index (κ3) is 4.86. The Bertz CT molecular complexity index is 1610. The van der Waals surface area contributed by atoms with E-state index in [4.69, 9.17) is 36.8 Å². The van der Waals surface area contributed by atoms with Crippen LogP contribution < -0.4 is 4.74 Å². The molecule has 196 valence electrons. The van der Waals surface area contributed by atoms with E-state index in [-0.39, 0.29) is 10.8 Å². The maximum atomic E-state index is 6.65. The Morgan fingerprint density at radius 3 is 1.71 bits per heavy atom. The van der Waals surface area contributed by atoms with Crippen LogP contribution in [0.25, 0.3) is 44.7 Å². The molecule has 0 saturated heterocycles. The summed E-state index contributed by atoms with van der Waals surface area (Å²) in [5.74, 6) is 1.94. The third-order valence-corrected chi connectivity index (χ3v) is 7.33. The highest BCUT2D eigenvalue weighted by Gasteiger charge is 2.32. The minimum absolute atomic E-state index is 0.175. The number of hydrogen-bond donors (Lipinski definition) is 0. The Labute approximate surface area is 234 Å². The van der Waals surface area contributed by atoms with Crippen molar-refractivity contribution < 1.29 is 13.6 Å². The molecule has 0 saturated carbocycles. The van der Waals surface area contributed by atoms with E-state index in [1.807, 2.05) is 48.5 Å². The van der Waals surface area contributed by atoms with Gasteiger partial charge in [-0.25, -0.2) is 0 Å². The van der Waals surface area contributed by atoms with Crippen LogP contribution in [0.1, 0.15) is 52.7 Å². The highest BCUT2D eigenvalue weighted by atomic mass is 35.5. The van der Waals surface area contributed by atoms with Crippen molar-refractivity contribution in [1.82, 2.24) is 0 Å². The fraction of sp³-hybridized carbons (Fsp3) is 0.273. The smallest absolute Gasteiger partial charge is 0.296 e. The molecular weight excluding hydrogens is 515 g/mol. The number of rotatable bonds is 4. The first-order valence-electron chi connectivity index (χ1n) is 12.7. The molecular formula is C33H32Cl2O3. The monoisotopic (exact) mass is 546 g/mol. The highest BCUT2D eigenvalue weighted by Crippen LogP contribution is 2.49. The van der Waals surface area contributed by atoms with Crippen LogP contribution in [-0.4, -0.2) is 7.11 Å². The van der Waals surface area contributed by atoms with Crippen LogP contribution in [0.2, 0.25) is 10.0 Å². The summed E-state index contributed by atoms with van der Waals surface area (Å²) in [6.07, 6.45) is 0. The lowest BCUT2D eigenvalue weighted by Crippen LogP contribution is -2.12. The Morgan fingerprint density at radius 1 is 0.632 bits per heavy atom. The van der Waals surface area contributed by atoms with Crippen LogP contribution in [0, 0.1) is 0 Å². The molecule has 0 fully saturated rings. The average molecular weight is 548 g/mol. The van der Waals surface area contributed by atoms with Crippen molar-refractivity contribution in [3.8, 4) is 39.7 Å². The van der Waals surface area contributed by atoms with E-state index in [9.17, 15) is 0 Å². The van der Waals surface area contributed by atoms with Crippen molar-refractivity contribution in [2.24, 2.45) is 0 Å². The lowest BCUT2D eigenvalue weighted by molar-refractivity contribution is 0.315. The maximum Gasteiger partial charge on any atom is 0.296 e. The van der Waals surface area contributed by atoms with Crippen molar-refractivity contribution in [3.63, 3.8) is 0 Å². The van der Waals surface area contributed by atoms with Crippen molar-refractivity contribution in [1.29, 1.82) is 0 Å². The fourth-order valence-electron chi connectivity index (χ4n) is 4.79. The Morgan fingerprint density at radius 2 is 1.18 bits per heavy atom. The first-order valence-corrected chi connectivity index (χ1v) is 13.4. The van der Waals surface area contributed by atoms with Gasteiger partial charge in [-0.15, -0.1) is 0 Å². The molecule has 0 aliphatic carbocycles. The predicted molar refractivity (Wildman–Crippen MR) is 159 cm³/mol. The zero-order valence-corrected chi connectivity index (χ0v) is 24.3. The lowest BCUT2D eigenvalue weighted by atomic mass is 9.82. The molecule has 2 aromatic heterocycles. The number of furan rings is 2. The van der Waals surface area contributed by atoms with Gasteiger partial charge >= 0.3 is 0 Å². The second kappa shape index (κ2) is 9.55. The van der Waals surface area contributed by atoms with Gasteiger partial charge in [0.05, 0.1) is 7.11 Å². The molecule has 0 spiro atoms. The topological polar surface area (TPSA) is 35.5 Å². The van der Waals surface area contributed by atoms with E-state index in [2.05, 4.69) is 59.7 Å². The summed E-state index contributed by atoms with van der Waals surface area (Å²) in [7, 11) is 1.64. The van der Waals surface area contributed by atoms with Crippen LogP contribution in [-0.2, 0) is 10.8 Å². The maximum absolute atomic E-state index is 6.65. The SMILES string of the molecule is COc1oc2c(C(C)(C)C)cc(-c3ccc(Cl)cc3)cc2c1-c1oc(-c2ccc(Cl)cc2)cc1C(C)(C)C. The molecule has 3 nitrogen and oxygen atoms in total. The van der Waals surface area contributed by atoms with Crippen molar-refractivity contribution in [2.45, 2.75) is 52.4 Å². The summed E-state index contributed by atoms with van der Waals surface area (Å²) in [6.45, 7) is 13.1. The van der Waals surface area contributed by atoms with Crippen LogP contribution in [0.5, 0.6) is 5.95 Å². The van der Waals surface area contributed by atoms with Gasteiger partial charge in [0.15, 0.2) is 0 Å². The van der Waals surface area contributed by atoms with E-state index in [1.54, 1.807) is 7.11 Å². The van der Waals surface area contributed by atoms with E-state index in [1.165, 1.54) is 0 Å². The Balaban J connectivity index is 1.84. The molecule has 3 aromatic carbocycles. The van der Waals surface area contributed by atoms with Gasteiger partial charge in [-0.2, -0.15) is 0 Å². The standard InChI is InChI=1S/C33H32Cl2O3/c1-32(2,3)25-17-21(19-8-12-22(34)13-9-19)16-24-28(31(36-7)38-29(24)25)30-26(33(4,5)6)18-27(37-30)20-10-14-23(35)15-11-20/h8-18H,1-7H3. The first kappa shape index (κ1) is 26.5. The van der Waals surface area contributed by atoms with Gasteiger partial charge in [0.1, 0.15) is 22.7 Å². The van der Waals surface area contributed by atoms with Crippen LogP contribution in [0.4, 0.5) is 0 Å². The normalized spacial score (nSPS) is 12.3. The van der Waals surface area contributed by atoms with Gasteiger partial charge in [-0.3, -0.25) is 0 Å². The number of ether oxygens (including phenoxy) is 1. The molecule has 0 radical (unpaired) electrons. The largest absolute Gasteiger partial charge is 0.468 e. The summed E-state index contributed by atoms with van der Waals surface area (Å²) >= 11 is 12.3.